The maximum Gasteiger partial charge on any atom is 0.251 e. The zero-order valence-electron chi connectivity index (χ0n) is 14.9. The van der Waals surface area contributed by atoms with Crippen molar-refractivity contribution >= 4 is 22.8 Å². The monoisotopic (exact) mass is 350 g/mol. The van der Waals surface area contributed by atoms with Gasteiger partial charge >= 0.3 is 0 Å². The van der Waals surface area contributed by atoms with Crippen molar-refractivity contribution in [1.29, 1.82) is 0 Å². The fourth-order valence-corrected chi connectivity index (χ4v) is 2.71. The molecule has 0 saturated carbocycles. The molecule has 0 unspecified atom stereocenters. The molecule has 0 radical (unpaired) electrons. The number of imidazole rings is 1. The molecular weight excluding hydrogens is 328 g/mol. The van der Waals surface area contributed by atoms with Crippen LogP contribution < -0.4 is 10.6 Å². The van der Waals surface area contributed by atoms with Crippen molar-refractivity contribution in [2.24, 2.45) is 0 Å². The quantitative estimate of drug-likeness (QED) is 0.638. The number of aryl methyl sites for hydroxylation is 1. The van der Waals surface area contributed by atoms with Gasteiger partial charge in [-0.05, 0) is 38.1 Å². The maximum atomic E-state index is 12.2. The average Bonchev–Trinajstić information content (AvgIpc) is 3.04. The molecule has 1 aromatic heterocycles. The van der Waals surface area contributed by atoms with E-state index in [9.17, 15) is 9.59 Å². The van der Waals surface area contributed by atoms with Crippen molar-refractivity contribution in [3.63, 3.8) is 0 Å². The van der Waals surface area contributed by atoms with E-state index < -0.39 is 6.04 Å². The van der Waals surface area contributed by atoms with E-state index in [0.717, 1.165) is 22.4 Å². The van der Waals surface area contributed by atoms with Crippen LogP contribution in [0.2, 0.25) is 0 Å². The molecule has 1 heterocycles. The van der Waals surface area contributed by atoms with Crippen LogP contribution in [0, 0.1) is 6.92 Å². The first-order valence-corrected chi connectivity index (χ1v) is 8.62. The van der Waals surface area contributed by atoms with Gasteiger partial charge < -0.3 is 15.6 Å². The van der Waals surface area contributed by atoms with E-state index in [-0.39, 0.29) is 11.8 Å². The van der Waals surface area contributed by atoms with E-state index in [0.29, 0.717) is 18.5 Å². The Labute approximate surface area is 152 Å². The lowest BCUT2D eigenvalue weighted by molar-refractivity contribution is -0.122. The molecular formula is C20H22N4O2. The van der Waals surface area contributed by atoms with Crippen molar-refractivity contribution < 1.29 is 9.59 Å². The van der Waals surface area contributed by atoms with Crippen molar-refractivity contribution in [3.05, 3.63) is 65.5 Å². The van der Waals surface area contributed by atoms with Crippen molar-refractivity contribution in [2.45, 2.75) is 26.3 Å². The van der Waals surface area contributed by atoms with Crippen molar-refractivity contribution in [2.75, 3.05) is 6.54 Å². The van der Waals surface area contributed by atoms with Gasteiger partial charge in [0.2, 0.25) is 5.91 Å². The highest BCUT2D eigenvalue weighted by atomic mass is 16.2. The van der Waals surface area contributed by atoms with Crippen LogP contribution in [-0.2, 0) is 11.2 Å². The number of carbonyl (C=O) groups is 2. The molecule has 3 N–H and O–H groups in total. The predicted molar refractivity (Wildman–Crippen MR) is 101 cm³/mol. The molecule has 0 aliphatic rings. The number of para-hydroxylation sites is 2. The predicted octanol–water partition coefficient (Wildman–Crippen LogP) is 2.35. The minimum atomic E-state index is -0.612. The second-order valence-electron chi connectivity index (χ2n) is 6.31. The summed E-state index contributed by atoms with van der Waals surface area (Å²) in [4.78, 5) is 32.1. The van der Waals surface area contributed by atoms with E-state index in [1.165, 1.54) is 0 Å². The van der Waals surface area contributed by atoms with Gasteiger partial charge in [-0.25, -0.2) is 4.98 Å². The molecule has 0 saturated heterocycles. The Morgan fingerprint density at radius 2 is 1.96 bits per heavy atom. The van der Waals surface area contributed by atoms with Gasteiger partial charge in [0.25, 0.3) is 5.91 Å². The van der Waals surface area contributed by atoms with Gasteiger partial charge in [0, 0.05) is 18.5 Å². The molecule has 3 rings (SSSR count). The second-order valence-corrected chi connectivity index (χ2v) is 6.31. The number of hydrogen-bond acceptors (Lipinski definition) is 3. The lowest BCUT2D eigenvalue weighted by Gasteiger charge is -2.14. The number of rotatable bonds is 6. The molecule has 6 nitrogen and oxygen atoms in total. The van der Waals surface area contributed by atoms with Crippen LogP contribution in [0.4, 0.5) is 0 Å². The average molecular weight is 350 g/mol. The molecule has 0 aliphatic heterocycles. The normalized spacial score (nSPS) is 11.9. The summed E-state index contributed by atoms with van der Waals surface area (Å²) in [7, 11) is 0. The molecule has 0 bridgehead atoms. The zero-order chi connectivity index (χ0) is 18.5. The zero-order valence-corrected chi connectivity index (χ0v) is 14.9. The van der Waals surface area contributed by atoms with Gasteiger partial charge in [-0.2, -0.15) is 0 Å². The maximum absolute atomic E-state index is 12.2. The van der Waals surface area contributed by atoms with Gasteiger partial charge in [-0.15, -0.1) is 0 Å². The highest BCUT2D eigenvalue weighted by molar-refractivity contribution is 5.97. The van der Waals surface area contributed by atoms with Gasteiger partial charge in [0.15, 0.2) is 0 Å². The summed E-state index contributed by atoms with van der Waals surface area (Å²) in [6.45, 7) is 4.04. The van der Waals surface area contributed by atoms with E-state index in [2.05, 4.69) is 20.6 Å². The SMILES string of the molecule is Cc1cccc(C(=O)N[C@@H](C)C(=O)NCCc2nc3ccccc3[nH]2)c1. The van der Waals surface area contributed by atoms with Crippen LogP contribution in [0.3, 0.4) is 0 Å². The number of aromatic amines is 1. The summed E-state index contributed by atoms with van der Waals surface area (Å²) in [5.74, 6) is 0.346. The molecule has 0 spiro atoms. The molecule has 3 aromatic rings. The number of hydrogen-bond donors (Lipinski definition) is 3. The number of fused-ring (bicyclic) bond motifs is 1. The number of H-pyrrole nitrogens is 1. The smallest absolute Gasteiger partial charge is 0.251 e. The van der Waals surface area contributed by atoms with Crippen molar-refractivity contribution in [3.8, 4) is 0 Å². The Kier molecular flexibility index (Phi) is 5.31. The third-order valence-electron chi connectivity index (χ3n) is 4.12. The van der Waals surface area contributed by atoms with E-state index in [1.807, 2.05) is 43.3 Å². The van der Waals surface area contributed by atoms with Crippen LogP contribution in [0.1, 0.15) is 28.7 Å². The molecule has 0 fully saturated rings. The lowest BCUT2D eigenvalue weighted by atomic mass is 10.1. The summed E-state index contributed by atoms with van der Waals surface area (Å²) >= 11 is 0. The van der Waals surface area contributed by atoms with Crippen LogP contribution in [-0.4, -0.2) is 34.4 Å². The molecule has 26 heavy (non-hydrogen) atoms. The summed E-state index contributed by atoms with van der Waals surface area (Å²) in [5, 5.41) is 5.55. The topological polar surface area (TPSA) is 86.9 Å². The number of aromatic nitrogens is 2. The highest BCUT2D eigenvalue weighted by Gasteiger charge is 2.16. The minimum Gasteiger partial charge on any atom is -0.354 e. The fourth-order valence-electron chi connectivity index (χ4n) is 2.71. The largest absolute Gasteiger partial charge is 0.354 e. The molecule has 6 heteroatoms. The summed E-state index contributed by atoms with van der Waals surface area (Å²) < 4.78 is 0. The third-order valence-corrected chi connectivity index (χ3v) is 4.12. The van der Waals surface area contributed by atoms with Gasteiger partial charge in [0.1, 0.15) is 11.9 Å². The number of amides is 2. The first kappa shape index (κ1) is 17.7. The summed E-state index contributed by atoms with van der Waals surface area (Å²) in [5.41, 5.74) is 3.44. The first-order valence-electron chi connectivity index (χ1n) is 8.62. The fraction of sp³-hybridized carbons (Fsp3) is 0.250. The van der Waals surface area contributed by atoms with Crippen LogP contribution >= 0.6 is 0 Å². The van der Waals surface area contributed by atoms with Crippen LogP contribution in [0.25, 0.3) is 11.0 Å². The Bertz CT molecular complexity index is 899. The van der Waals surface area contributed by atoms with Gasteiger partial charge in [-0.3, -0.25) is 9.59 Å². The number of nitrogens with one attached hydrogen (secondary N) is 3. The number of benzene rings is 2. The third kappa shape index (κ3) is 4.27. The Morgan fingerprint density at radius 1 is 1.15 bits per heavy atom. The van der Waals surface area contributed by atoms with Crippen LogP contribution in [0.15, 0.2) is 48.5 Å². The van der Waals surface area contributed by atoms with Crippen molar-refractivity contribution in [1.82, 2.24) is 20.6 Å². The molecule has 0 aliphatic carbocycles. The number of nitrogens with zero attached hydrogens (tertiary/aromatic N) is 1. The van der Waals surface area contributed by atoms with E-state index >= 15 is 0 Å². The second kappa shape index (κ2) is 7.82. The molecule has 134 valence electrons. The number of carbonyl (C=O) groups excluding carboxylic acids is 2. The van der Waals surface area contributed by atoms with Crippen LogP contribution in [0.5, 0.6) is 0 Å². The van der Waals surface area contributed by atoms with Gasteiger partial charge in [0.05, 0.1) is 11.0 Å². The highest BCUT2D eigenvalue weighted by Crippen LogP contribution is 2.10. The summed E-state index contributed by atoms with van der Waals surface area (Å²) in [6, 6.07) is 14.4. The molecule has 2 amide bonds. The lowest BCUT2D eigenvalue weighted by Crippen LogP contribution is -2.45. The summed E-state index contributed by atoms with van der Waals surface area (Å²) in [6.07, 6.45) is 0.596. The van der Waals surface area contributed by atoms with E-state index in [4.69, 9.17) is 0 Å². The minimum absolute atomic E-state index is 0.220. The standard InChI is InChI=1S/C20H22N4O2/c1-13-6-5-7-15(12-13)20(26)22-14(2)19(25)21-11-10-18-23-16-8-3-4-9-17(16)24-18/h3-9,12,14H,10-11H2,1-2H3,(H,21,25)(H,22,26)(H,23,24)/t14-/m0/s1. The Morgan fingerprint density at radius 3 is 2.73 bits per heavy atom. The first-order chi connectivity index (χ1) is 12.5. The van der Waals surface area contributed by atoms with Gasteiger partial charge in [-0.1, -0.05) is 29.8 Å². The Balaban J connectivity index is 1.48. The molecule has 2 aromatic carbocycles. The van der Waals surface area contributed by atoms with E-state index in [1.54, 1.807) is 19.1 Å². The molecule has 1 atom stereocenters. The Hall–Kier alpha value is -3.15.